The highest BCUT2D eigenvalue weighted by atomic mass is 32.1. The molecule has 0 spiro atoms. The van der Waals surface area contributed by atoms with Gasteiger partial charge >= 0.3 is 5.97 Å². The van der Waals surface area contributed by atoms with Gasteiger partial charge in [-0.2, -0.15) is 0 Å². The predicted molar refractivity (Wildman–Crippen MR) is 109 cm³/mol. The average Bonchev–Trinajstić information content (AvgIpc) is 3.14. The molecule has 140 valence electrons. The zero-order chi connectivity index (χ0) is 18.2. The first-order valence-corrected chi connectivity index (χ1v) is 10.6. The van der Waals surface area contributed by atoms with Crippen LogP contribution < -0.4 is 0 Å². The van der Waals surface area contributed by atoms with Crippen molar-refractivity contribution >= 4 is 17.3 Å². The van der Waals surface area contributed by atoms with Crippen LogP contribution in [0, 0.1) is 0 Å². The molecule has 1 N–H and O–H groups in total. The van der Waals surface area contributed by atoms with Crippen LogP contribution in [-0.4, -0.2) is 28.6 Å². The minimum atomic E-state index is -0.681. The SMILES string of the molecule is O=C(O)CCCCN(Cc1ccc(-c2ccccc2)s1)C1CCCCC1. The number of rotatable bonds is 9. The Balaban J connectivity index is 1.62. The van der Waals surface area contributed by atoms with Crippen LogP contribution in [0.4, 0.5) is 0 Å². The van der Waals surface area contributed by atoms with Crippen molar-refractivity contribution in [3.8, 4) is 10.4 Å². The summed E-state index contributed by atoms with van der Waals surface area (Å²) in [4.78, 5) is 16.1. The molecule has 0 bridgehead atoms. The van der Waals surface area contributed by atoms with Crippen molar-refractivity contribution in [2.45, 2.75) is 64.0 Å². The number of hydrogen-bond acceptors (Lipinski definition) is 3. The maximum absolute atomic E-state index is 10.8. The summed E-state index contributed by atoms with van der Waals surface area (Å²) in [5.41, 5.74) is 1.29. The van der Waals surface area contributed by atoms with Crippen LogP contribution >= 0.6 is 11.3 Å². The van der Waals surface area contributed by atoms with Gasteiger partial charge in [0.15, 0.2) is 0 Å². The van der Waals surface area contributed by atoms with Crippen molar-refractivity contribution in [3.63, 3.8) is 0 Å². The molecule has 1 heterocycles. The van der Waals surface area contributed by atoms with E-state index in [0.717, 1.165) is 25.9 Å². The van der Waals surface area contributed by atoms with Gasteiger partial charge in [0.2, 0.25) is 0 Å². The molecule has 3 rings (SSSR count). The third-order valence-corrected chi connectivity index (χ3v) is 6.38. The van der Waals surface area contributed by atoms with Gasteiger partial charge in [-0.3, -0.25) is 9.69 Å². The largest absolute Gasteiger partial charge is 0.481 e. The minimum absolute atomic E-state index is 0.287. The Morgan fingerprint density at radius 2 is 1.81 bits per heavy atom. The maximum Gasteiger partial charge on any atom is 0.303 e. The molecule has 1 aromatic heterocycles. The van der Waals surface area contributed by atoms with Gasteiger partial charge in [0.25, 0.3) is 0 Å². The normalized spacial score (nSPS) is 15.4. The topological polar surface area (TPSA) is 40.5 Å². The number of hydrogen-bond donors (Lipinski definition) is 1. The minimum Gasteiger partial charge on any atom is -0.481 e. The van der Waals surface area contributed by atoms with Crippen molar-refractivity contribution < 1.29 is 9.90 Å². The zero-order valence-corrected chi connectivity index (χ0v) is 16.2. The second-order valence-corrected chi connectivity index (χ2v) is 8.41. The van der Waals surface area contributed by atoms with Gasteiger partial charge in [-0.15, -0.1) is 11.3 Å². The van der Waals surface area contributed by atoms with Gasteiger partial charge in [0.1, 0.15) is 0 Å². The molecule has 1 fully saturated rings. The number of nitrogens with zero attached hydrogens (tertiary/aromatic N) is 1. The lowest BCUT2D eigenvalue weighted by atomic mass is 9.94. The van der Waals surface area contributed by atoms with Crippen LogP contribution in [0.15, 0.2) is 42.5 Å². The van der Waals surface area contributed by atoms with E-state index in [1.807, 2.05) is 11.3 Å². The van der Waals surface area contributed by atoms with Crippen LogP contribution in [0.25, 0.3) is 10.4 Å². The Labute approximate surface area is 160 Å². The van der Waals surface area contributed by atoms with E-state index in [1.54, 1.807) is 0 Å². The first-order chi connectivity index (χ1) is 12.7. The van der Waals surface area contributed by atoms with E-state index in [2.05, 4.69) is 47.4 Å². The highest BCUT2D eigenvalue weighted by Gasteiger charge is 2.21. The van der Waals surface area contributed by atoms with Crippen molar-refractivity contribution in [2.75, 3.05) is 6.54 Å². The lowest BCUT2D eigenvalue weighted by molar-refractivity contribution is -0.137. The number of unbranched alkanes of at least 4 members (excludes halogenated alkanes) is 1. The molecule has 1 aliphatic carbocycles. The van der Waals surface area contributed by atoms with Crippen molar-refractivity contribution in [1.82, 2.24) is 4.90 Å². The lowest BCUT2D eigenvalue weighted by Crippen LogP contribution is -2.36. The summed E-state index contributed by atoms with van der Waals surface area (Å²) in [6.07, 6.45) is 8.63. The first kappa shape index (κ1) is 19.1. The number of aliphatic carboxylic acids is 1. The van der Waals surface area contributed by atoms with Gasteiger partial charge in [0.05, 0.1) is 0 Å². The lowest BCUT2D eigenvalue weighted by Gasteiger charge is -2.34. The van der Waals surface area contributed by atoms with E-state index < -0.39 is 5.97 Å². The summed E-state index contributed by atoms with van der Waals surface area (Å²) in [6, 6.07) is 15.7. The summed E-state index contributed by atoms with van der Waals surface area (Å²) < 4.78 is 0. The van der Waals surface area contributed by atoms with Gasteiger partial charge in [-0.05, 0) is 49.9 Å². The smallest absolute Gasteiger partial charge is 0.303 e. The Morgan fingerprint density at radius 3 is 2.54 bits per heavy atom. The molecule has 0 amide bonds. The van der Waals surface area contributed by atoms with Crippen LogP contribution in [0.1, 0.15) is 56.2 Å². The van der Waals surface area contributed by atoms with E-state index in [1.165, 1.54) is 47.4 Å². The molecule has 3 nitrogen and oxygen atoms in total. The molecule has 0 saturated heterocycles. The third-order valence-electron chi connectivity index (χ3n) is 5.26. The fraction of sp³-hybridized carbons (Fsp3) is 0.500. The number of carboxylic acids is 1. The van der Waals surface area contributed by atoms with E-state index in [4.69, 9.17) is 5.11 Å². The first-order valence-electron chi connectivity index (χ1n) is 9.82. The third kappa shape index (κ3) is 5.68. The fourth-order valence-corrected chi connectivity index (χ4v) is 4.89. The summed E-state index contributed by atoms with van der Waals surface area (Å²) in [5.74, 6) is -0.681. The molecule has 2 aromatic rings. The average molecular weight is 372 g/mol. The molecule has 4 heteroatoms. The molecule has 0 radical (unpaired) electrons. The number of carbonyl (C=O) groups is 1. The highest BCUT2D eigenvalue weighted by Crippen LogP contribution is 2.31. The van der Waals surface area contributed by atoms with Crippen LogP contribution in [-0.2, 0) is 11.3 Å². The molecule has 1 saturated carbocycles. The zero-order valence-electron chi connectivity index (χ0n) is 15.4. The molecular formula is C22H29NO2S. The second-order valence-electron chi connectivity index (χ2n) is 7.25. The second kappa shape index (κ2) is 9.89. The highest BCUT2D eigenvalue weighted by molar-refractivity contribution is 7.15. The van der Waals surface area contributed by atoms with E-state index in [9.17, 15) is 4.79 Å². The molecule has 0 aliphatic heterocycles. The number of benzene rings is 1. The van der Waals surface area contributed by atoms with E-state index >= 15 is 0 Å². The van der Waals surface area contributed by atoms with Gasteiger partial charge in [-0.1, -0.05) is 49.6 Å². The van der Waals surface area contributed by atoms with Crippen LogP contribution in [0.5, 0.6) is 0 Å². The molecular weight excluding hydrogens is 342 g/mol. The fourth-order valence-electron chi connectivity index (χ4n) is 3.85. The maximum atomic E-state index is 10.8. The molecule has 0 unspecified atom stereocenters. The Morgan fingerprint density at radius 1 is 1.04 bits per heavy atom. The van der Waals surface area contributed by atoms with Crippen molar-refractivity contribution in [2.24, 2.45) is 0 Å². The van der Waals surface area contributed by atoms with Gasteiger partial charge in [0, 0.05) is 28.8 Å². The quantitative estimate of drug-likeness (QED) is 0.566. The number of thiophene rings is 1. The Hall–Kier alpha value is -1.65. The Kier molecular flexibility index (Phi) is 7.27. The summed E-state index contributed by atoms with van der Waals surface area (Å²) in [5, 5.41) is 8.86. The predicted octanol–water partition coefficient (Wildman–Crippen LogP) is 5.80. The Bertz CT molecular complexity index is 676. The summed E-state index contributed by atoms with van der Waals surface area (Å²) >= 11 is 1.89. The van der Waals surface area contributed by atoms with Crippen LogP contribution in [0.2, 0.25) is 0 Å². The molecule has 0 atom stereocenters. The standard InChI is InChI=1S/C22H29NO2S/c24-22(25)13-7-8-16-23(19-11-5-2-6-12-19)17-20-14-15-21(26-20)18-9-3-1-4-10-18/h1,3-4,9-10,14-15,19H,2,5-8,11-13,16-17H2,(H,24,25). The monoisotopic (exact) mass is 371 g/mol. The van der Waals surface area contributed by atoms with Crippen molar-refractivity contribution in [3.05, 3.63) is 47.3 Å². The molecule has 26 heavy (non-hydrogen) atoms. The van der Waals surface area contributed by atoms with E-state index in [0.29, 0.717) is 6.04 Å². The molecule has 1 aromatic carbocycles. The molecule has 1 aliphatic rings. The van der Waals surface area contributed by atoms with Gasteiger partial charge < -0.3 is 5.11 Å². The van der Waals surface area contributed by atoms with Crippen LogP contribution in [0.3, 0.4) is 0 Å². The summed E-state index contributed by atoms with van der Waals surface area (Å²) in [6.45, 7) is 2.01. The summed E-state index contributed by atoms with van der Waals surface area (Å²) in [7, 11) is 0. The number of carboxylic acid groups (broad SMARTS) is 1. The van der Waals surface area contributed by atoms with Gasteiger partial charge in [-0.25, -0.2) is 0 Å². The van der Waals surface area contributed by atoms with E-state index in [-0.39, 0.29) is 6.42 Å². The van der Waals surface area contributed by atoms with Crippen molar-refractivity contribution in [1.29, 1.82) is 0 Å².